The summed E-state index contributed by atoms with van der Waals surface area (Å²) in [5.41, 5.74) is 9.02. The monoisotopic (exact) mass is 259 g/mol. The molecule has 1 fully saturated rings. The number of nitrogens with zero attached hydrogens (tertiary/aromatic N) is 2. The zero-order valence-electron chi connectivity index (χ0n) is 11.0. The van der Waals surface area contributed by atoms with Gasteiger partial charge in [-0.05, 0) is 49.3 Å². The van der Waals surface area contributed by atoms with Crippen molar-refractivity contribution in [1.29, 1.82) is 5.26 Å². The smallest absolute Gasteiger partial charge is 0.128 e. The molecule has 0 saturated carbocycles. The quantitative estimate of drug-likeness (QED) is 0.840. The molecular weight excluding hydrogens is 241 g/mol. The van der Waals surface area contributed by atoms with Crippen molar-refractivity contribution in [1.82, 2.24) is 0 Å². The van der Waals surface area contributed by atoms with Crippen LogP contribution in [0.4, 0.5) is 10.1 Å². The van der Waals surface area contributed by atoms with Crippen LogP contribution in [0.15, 0.2) is 6.07 Å². The van der Waals surface area contributed by atoms with Crippen LogP contribution in [0.2, 0.25) is 0 Å². The van der Waals surface area contributed by atoms with Crippen LogP contribution in [0.1, 0.15) is 36.0 Å². The van der Waals surface area contributed by atoms with Crippen LogP contribution in [0, 0.1) is 17.1 Å². The first-order chi connectivity index (χ1) is 9.20. The van der Waals surface area contributed by atoms with Gasteiger partial charge in [-0.3, -0.25) is 0 Å². The van der Waals surface area contributed by atoms with Crippen LogP contribution in [0.25, 0.3) is 0 Å². The zero-order valence-corrected chi connectivity index (χ0v) is 11.0. The standard InChI is InChI=1S/C15H18FN3/c16-14-7-15(19-6-5-10(18)9-19)13(8-17)11-3-1-2-4-12(11)14/h7,10H,1-6,9,18H2. The predicted molar refractivity (Wildman–Crippen MR) is 72.6 cm³/mol. The fraction of sp³-hybridized carbons (Fsp3) is 0.533. The summed E-state index contributed by atoms with van der Waals surface area (Å²) in [4.78, 5) is 2.06. The number of fused-ring (bicyclic) bond motifs is 1. The number of hydrogen-bond acceptors (Lipinski definition) is 3. The molecule has 1 aromatic rings. The lowest BCUT2D eigenvalue weighted by molar-refractivity contribution is 0.577. The van der Waals surface area contributed by atoms with Gasteiger partial charge in [0.25, 0.3) is 0 Å². The van der Waals surface area contributed by atoms with E-state index in [-0.39, 0.29) is 11.9 Å². The van der Waals surface area contributed by atoms with E-state index in [2.05, 4.69) is 11.0 Å². The zero-order chi connectivity index (χ0) is 13.4. The van der Waals surface area contributed by atoms with Gasteiger partial charge >= 0.3 is 0 Å². The van der Waals surface area contributed by atoms with Crippen molar-refractivity contribution in [3.05, 3.63) is 28.6 Å². The lowest BCUT2D eigenvalue weighted by Crippen LogP contribution is -2.27. The molecule has 2 aliphatic rings. The Kier molecular flexibility index (Phi) is 3.16. The molecule has 4 heteroatoms. The highest BCUT2D eigenvalue weighted by atomic mass is 19.1. The first-order valence-corrected chi connectivity index (χ1v) is 6.95. The molecule has 0 spiro atoms. The van der Waals surface area contributed by atoms with Crippen molar-refractivity contribution in [3.8, 4) is 6.07 Å². The van der Waals surface area contributed by atoms with E-state index in [1.807, 2.05) is 0 Å². The van der Waals surface area contributed by atoms with E-state index in [9.17, 15) is 9.65 Å². The minimum Gasteiger partial charge on any atom is -0.369 e. The molecule has 19 heavy (non-hydrogen) atoms. The Hall–Kier alpha value is -1.60. The molecule has 3 nitrogen and oxygen atoms in total. The van der Waals surface area contributed by atoms with Gasteiger partial charge in [0, 0.05) is 19.1 Å². The minimum atomic E-state index is -0.149. The topological polar surface area (TPSA) is 53.0 Å². The normalized spacial score (nSPS) is 22.2. The Labute approximate surface area is 112 Å². The van der Waals surface area contributed by atoms with Crippen LogP contribution >= 0.6 is 0 Å². The molecule has 1 aliphatic carbocycles. The first kappa shape index (κ1) is 12.4. The van der Waals surface area contributed by atoms with Crippen LogP contribution in [0.3, 0.4) is 0 Å². The largest absolute Gasteiger partial charge is 0.369 e. The third kappa shape index (κ3) is 2.08. The Morgan fingerprint density at radius 2 is 2.05 bits per heavy atom. The van der Waals surface area contributed by atoms with Gasteiger partial charge in [0.15, 0.2) is 0 Å². The van der Waals surface area contributed by atoms with Gasteiger partial charge in [-0.15, -0.1) is 0 Å². The summed E-state index contributed by atoms with van der Waals surface area (Å²) in [6.07, 6.45) is 4.55. The summed E-state index contributed by atoms with van der Waals surface area (Å²) >= 11 is 0. The Morgan fingerprint density at radius 1 is 1.32 bits per heavy atom. The second-order valence-corrected chi connectivity index (χ2v) is 5.52. The molecule has 0 bridgehead atoms. The molecule has 100 valence electrons. The molecule has 1 atom stereocenters. The molecule has 3 rings (SSSR count). The average Bonchev–Trinajstić information content (AvgIpc) is 2.85. The summed E-state index contributed by atoms with van der Waals surface area (Å²) in [6.45, 7) is 1.53. The highest BCUT2D eigenvalue weighted by Crippen LogP contribution is 2.34. The van der Waals surface area contributed by atoms with Gasteiger partial charge in [0.05, 0.1) is 11.3 Å². The third-order valence-electron chi connectivity index (χ3n) is 4.25. The van der Waals surface area contributed by atoms with Crippen LogP contribution in [-0.4, -0.2) is 19.1 Å². The number of benzene rings is 1. The molecule has 1 aromatic carbocycles. The van der Waals surface area contributed by atoms with Crippen molar-refractivity contribution in [3.63, 3.8) is 0 Å². The van der Waals surface area contributed by atoms with Gasteiger partial charge in [0.1, 0.15) is 11.9 Å². The van der Waals surface area contributed by atoms with Gasteiger partial charge in [0.2, 0.25) is 0 Å². The fourth-order valence-electron chi connectivity index (χ4n) is 3.26. The van der Waals surface area contributed by atoms with E-state index >= 15 is 0 Å². The van der Waals surface area contributed by atoms with Crippen molar-refractivity contribution in [2.75, 3.05) is 18.0 Å². The SMILES string of the molecule is N#Cc1c(N2CCC(N)C2)cc(F)c2c1CCCC2. The van der Waals surface area contributed by atoms with Crippen molar-refractivity contribution < 1.29 is 4.39 Å². The Balaban J connectivity index is 2.10. The lowest BCUT2D eigenvalue weighted by Gasteiger charge is -2.25. The molecule has 0 amide bonds. The molecule has 0 aromatic heterocycles. The molecule has 1 unspecified atom stereocenters. The summed E-state index contributed by atoms with van der Waals surface area (Å²) in [5.74, 6) is -0.149. The average molecular weight is 259 g/mol. The summed E-state index contributed by atoms with van der Waals surface area (Å²) in [6, 6.07) is 3.97. The number of nitrogens with two attached hydrogens (primary N) is 1. The van der Waals surface area contributed by atoms with E-state index in [4.69, 9.17) is 5.73 Å². The maximum Gasteiger partial charge on any atom is 0.128 e. The van der Waals surface area contributed by atoms with Gasteiger partial charge in [-0.25, -0.2) is 4.39 Å². The molecule has 1 saturated heterocycles. The lowest BCUT2D eigenvalue weighted by atomic mass is 9.87. The Bertz CT molecular complexity index is 547. The van der Waals surface area contributed by atoms with Crippen molar-refractivity contribution in [2.45, 2.75) is 38.1 Å². The van der Waals surface area contributed by atoms with E-state index in [0.717, 1.165) is 55.5 Å². The van der Waals surface area contributed by atoms with E-state index in [1.165, 1.54) is 0 Å². The molecule has 1 aliphatic heterocycles. The number of hydrogen-bond donors (Lipinski definition) is 1. The van der Waals surface area contributed by atoms with E-state index in [0.29, 0.717) is 12.1 Å². The first-order valence-electron chi connectivity index (χ1n) is 6.95. The van der Waals surface area contributed by atoms with Gasteiger partial charge < -0.3 is 10.6 Å². The molecule has 2 N–H and O–H groups in total. The maximum atomic E-state index is 14.2. The molecular formula is C15H18FN3. The maximum absolute atomic E-state index is 14.2. The summed E-state index contributed by atoms with van der Waals surface area (Å²) in [5, 5.41) is 9.46. The second kappa shape index (κ2) is 4.82. The van der Waals surface area contributed by atoms with Crippen molar-refractivity contribution in [2.24, 2.45) is 5.73 Å². The van der Waals surface area contributed by atoms with Crippen LogP contribution in [0.5, 0.6) is 0 Å². The highest BCUT2D eigenvalue weighted by molar-refractivity contribution is 5.66. The molecule has 0 radical (unpaired) electrons. The van der Waals surface area contributed by atoms with E-state index in [1.54, 1.807) is 6.07 Å². The minimum absolute atomic E-state index is 0.130. The summed E-state index contributed by atoms with van der Waals surface area (Å²) in [7, 11) is 0. The second-order valence-electron chi connectivity index (χ2n) is 5.52. The fourth-order valence-corrected chi connectivity index (χ4v) is 3.26. The van der Waals surface area contributed by atoms with Gasteiger partial charge in [-0.1, -0.05) is 0 Å². The highest BCUT2D eigenvalue weighted by Gasteiger charge is 2.26. The molecule has 1 heterocycles. The number of rotatable bonds is 1. The van der Waals surface area contributed by atoms with Crippen molar-refractivity contribution >= 4 is 5.69 Å². The number of halogens is 1. The number of nitriles is 1. The number of anilines is 1. The van der Waals surface area contributed by atoms with Crippen LogP contribution in [-0.2, 0) is 12.8 Å². The van der Waals surface area contributed by atoms with Gasteiger partial charge in [-0.2, -0.15) is 5.26 Å². The summed E-state index contributed by atoms with van der Waals surface area (Å²) < 4.78 is 14.2. The Morgan fingerprint density at radius 3 is 2.68 bits per heavy atom. The van der Waals surface area contributed by atoms with E-state index < -0.39 is 0 Å². The third-order valence-corrected chi connectivity index (χ3v) is 4.25. The van der Waals surface area contributed by atoms with Crippen LogP contribution < -0.4 is 10.6 Å². The predicted octanol–water partition coefficient (Wildman–Crippen LogP) is 2.11.